The van der Waals surface area contributed by atoms with Crippen molar-refractivity contribution in [1.82, 2.24) is 0 Å². The van der Waals surface area contributed by atoms with Crippen LogP contribution in [0.2, 0.25) is 0 Å². The van der Waals surface area contributed by atoms with Gasteiger partial charge in [0.05, 0.1) is 14.3 Å². The Kier molecular flexibility index (Phi) is 10.1. The van der Waals surface area contributed by atoms with Gasteiger partial charge >= 0.3 is 5.97 Å². The fraction of sp³-hybridized carbons (Fsp3) is 0.333. The van der Waals surface area contributed by atoms with Crippen LogP contribution in [0.1, 0.15) is 26.3 Å². The van der Waals surface area contributed by atoms with E-state index in [1.165, 1.54) is 0 Å². The molecule has 0 aromatic heterocycles. The molecular weight excluding hydrogens is 854 g/mol. The summed E-state index contributed by atoms with van der Waals surface area (Å²) >= 11 is 8.47. The average molecular weight is 875 g/mol. The third kappa shape index (κ3) is 7.81. The van der Waals surface area contributed by atoms with Gasteiger partial charge < -0.3 is 20.3 Å². The minimum Gasteiger partial charge on any atom is -0.506 e. The van der Waals surface area contributed by atoms with E-state index in [4.69, 9.17) is 15.2 Å². The first-order chi connectivity index (χ1) is 14.3. The maximum absolute atomic E-state index is 12.2. The van der Waals surface area contributed by atoms with Crippen LogP contribution in [0.25, 0.3) is 0 Å². The van der Waals surface area contributed by atoms with Gasteiger partial charge in [0.15, 0.2) is 18.1 Å². The van der Waals surface area contributed by atoms with E-state index in [2.05, 4.69) is 90.4 Å². The number of benzene rings is 2. The fourth-order valence-electron chi connectivity index (χ4n) is 2.34. The highest BCUT2D eigenvalue weighted by Crippen LogP contribution is 2.37. The Morgan fingerprint density at radius 1 is 1.00 bits per heavy atom. The molecule has 2 rings (SSSR count). The average Bonchev–Trinajstić information content (AvgIpc) is 2.65. The van der Waals surface area contributed by atoms with Crippen molar-refractivity contribution >= 4 is 102 Å². The van der Waals surface area contributed by atoms with Crippen molar-refractivity contribution in [1.29, 1.82) is 0 Å². The summed E-state index contributed by atoms with van der Waals surface area (Å²) in [5.74, 6) is 0.792. The molecule has 0 fully saturated rings. The fourth-order valence-corrected chi connectivity index (χ4v) is 6.17. The number of hydrogen-bond acceptors (Lipinski definition) is 6. The normalized spacial score (nSPS) is 12.4. The number of esters is 1. The van der Waals surface area contributed by atoms with Crippen molar-refractivity contribution in [2.24, 2.45) is 11.1 Å². The summed E-state index contributed by atoms with van der Waals surface area (Å²) in [4.78, 5) is 24.1. The summed E-state index contributed by atoms with van der Waals surface area (Å²) < 4.78 is 14.3. The Bertz CT molecular complexity index is 958. The summed E-state index contributed by atoms with van der Waals surface area (Å²) in [5, 5.41) is 9.94. The molecule has 3 N–H and O–H groups in total. The smallest absolute Gasteiger partial charge is 0.323 e. The molecule has 1 atom stereocenters. The van der Waals surface area contributed by atoms with Crippen LogP contribution >= 0.6 is 90.4 Å². The Morgan fingerprint density at radius 3 is 2.00 bits per heavy atom. The van der Waals surface area contributed by atoms with Crippen LogP contribution < -0.4 is 10.5 Å². The number of carbonyl (C=O) groups excluding carboxylic acids is 2. The molecule has 168 valence electrons. The number of hydrogen-bond donors (Lipinski definition) is 2. The minimum absolute atomic E-state index is 0.155. The zero-order valence-corrected chi connectivity index (χ0v) is 25.6. The van der Waals surface area contributed by atoms with Crippen molar-refractivity contribution in [2.75, 3.05) is 6.61 Å². The van der Waals surface area contributed by atoms with E-state index in [-0.39, 0.29) is 24.6 Å². The van der Waals surface area contributed by atoms with Crippen LogP contribution in [0.3, 0.4) is 0 Å². The second-order valence-corrected chi connectivity index (χ2v) is 12.5. The van der Waals surface area contributed by atoms with Gasteiger partial charge in [-0.15, -0.1) is 0 Å². The summed E-state index contributed by atoms with van der Waals surface area (Å²) in [5.41, 5.74) is 6.30. The second-order valence-electron chi connectivity index (χ2n) is 7.82. The molecule has 0 heterocycles. The molecule has 0 saturated heterocycles. The van der Waals surface area contributed by atoms with Gasteiger partial charge in [0.1, 0.15) is 17.5 Å². The SMILES string of the molecule is CC(C)(C)C(=O)COC(=O)[C@@H](N)Cc1cc(I)c(Oc2cc(I)c(O)c(I)c2)c(I)c1. The second kappa shape index (κ2) is 11.5. The van der Waals surface area contributed by atoms with E-state index in [0.29, 0.717) is 18.6 Å². The monoisotopic (exact) mass is 875 g/mol. The Labute approximate surface area is 236 Å². The molecule has 31 heavy (non-hydrogen) atoms. The van der Waals surface area contributed by atoms with E-state index in [1.807, 2.05) is 12.1 Å². The summed E-state index contributed by atoms with van der Waals surface area (Å²) in [6, 6.07) is 6.47. The number of nitrogens with two attached hydrogens (primary N) is 1. The van der Waals surface area contributed by atoms with E-state index in [9.17, 15) is 14.7 Å². The molecule has 2 aromatic rings. The molecule has 6 nitrogen and oxygen atoms in total. The van der Waals surface area contributed by atoms with E-state index in [0.717, 1.165) is 12.7 Å². The molecule has 0 amide bonds. The van der Waals surface area contributed by atoms with Crippen LogP contribution in [-0.4, -0.2) is 29.5 Å². The number of phenols is 1. The molecule has 0 saturated carbocycles. The molecule has 0 aliphatic heterocycles. The topological polar surface area (TPSA) is 98.9 Å². The number of carbonyl (C=O) groups is 2. The van der Waals surface area contributed by atoms with Crippen molar-refractivity contribution in [3.8, 4) is 17.2 Å². The molecule has 0 aliphatic carbocycles. The number of aromatic hydroxyl groups is 1. The zero-order valence-electron chi connectivity index (χ0n) is 17.0. The maximum Gasteiger partial charge on any atom is 0.323 e. The van der Waals surface area contributed by atoms with Gasteiger partial charge in [0.25, 0.3) is 0 Å². The summed E-state index contributed by atoms with van der Waals surface area (Å²) in [7, 11) is 0. The van der Waals surface area contributed by atoms with E-state index in [1.54, 1.807) is 32.9 Å². The summed E-state index contributed by atoms with van der Waals surface area (Å²) in [6.45, 7) is 5.05. The number of ketones is 1. The first-order valence-electron chi connectivity index (χ1n) is 9.09. The lowest BCUT2D eigenvalue weighted by Crippen LogP contribution is -2.36. The van der Waals surface area contributed by atoms with Gasteiger partial charge in [0, 0.05) is 5.41 Å². The maximum atomic E-state index is 12.2. The van der Waals surface area contributed by atoms with Crippen molar-refractivity contribution in [2.45, 2.75) is 33.2 Å². The van der Waals surface area contributed by atoms with Gasteiger partial charge in [-0.2, -0.15) is 0 Å². The Morgan fingerprint density at radius 2 is 1.52 bits per heavy atom. The molecule has 0 unspecified atom stereocenters. The van der Waals surface area contributed by atoms with Gasteiger partial charge in [0.2, 0.25) is 0 Å². The lowest BCUT2D eigenvalue weighted by Gasteiger charge is -2.18. The number of rotatable bonds is 7. The number of Topliss-reactive ketones (excluding diaryl/α,β-unsaturated/α-hetero) is 1. The highest BCUT2D eigenvalue weighted by molar-refractivity contribution is 14.1. The minimum atomic E-state index is -0.869. The first-order valence-corrected chi connectivity index (χ1v) is 13.4. The molecule has 10 heteroatoms. The van der Waals surface area contributed by atoms with Gasteiger partial charge in [-0.25, -0.2) is 0 Å². The van der Waals surface area contributed by atoms with Crippen LogP contribution in [0.5, 0.6) is 17.2 Å². The third-order valence-electron chi connectivity index (χ3n) is 4.21. The van der Waals surface area contributed by atoms with Crippen LogP contribution in [0, 0.1) is 19.7 Å². The number of halogens is 4. The highest BCUT2D eigenvalue weighted by atomic mass is 127. The first kappa shape index (κ1) is 27.3. The van der Waals surface area contributed by atoms with Crippen molar-refractivity contribution < 1.29 is 24.2 Å². The Hall–Kier alpha value is 0.0600. The standard InChI is InChI=1S/C21H21I4NO5/c1-21(2,3)17(27)9-30-20(29)16(26)6-10-4-14(24)19(15(25)5-10)31-11-7-12(22)18(28)13(23)8-11/h4-5,7-8,16,28H,6,9,26H2,1-3H3/t16-/m0/s1. The number of ether oxygens (including phenoxy) is 2. The quantitative estimate of drug-likeness (QED) is 0.277. The highest BCUT2D eigenvalue weighted by Gasteiger charge is 2.24. The van der Waals surface area contributed by atoms with E-state index < -0.39 is 17.4 Å². The summed E-state index contributed by atoms with van der Waals surface area (Å²) in [6.07, 6.45) is 0.282. The largest absolute Gasteiger partial charge is 0.506 e. The van der Waals surface area contributed by atoms with Crippen LogP contribution in [-0.2, 0) is 20.7 Å². The molecular formula is C21H21I4NO5. The molecule has 0 bridgehead atoms. The predicted molar refractivity (Wildman–Crippen MR) is 153 cm³/mol. The number of phenolic OH excluding ortho intramolecular Hbond substituents is 1. The van der Waals surface area contributed by atoms with Crippen molar-refractivity contribution in [3.63, 3.8) is 0 Å². The molecule has 0 aliphatic rings. The van der Waals surface area contributed by atoms with Crippen LogP contribution in [0.15, 0.2) is 24.3 Å². The van der Waals surface area contributed by atoms with Crippen LogP contribution in [0.4, 0.5) is 0 Å². The predicted octanol–water partition coefficient (Wildman–Crippen LogP) is 5.63. The zero-order chi connectivity index (χ0) is 23.5. The Balaban J connectivity index is 2.09. The van der Waals surface area contributed by atoms with Gasteiger partial charge in [-0.05, 0) is 127 Å². The molecule has 2 aromatic carbocycles. The van der Waals surface area contributed by atoms with E-state index >= 15 is 0 Å². The van der Waals surface area contributed by atoms with Gasteiger partial charge in [-0.3, -0.25) is 9.59 Å². The van der Waals surface area contributed by atoms with Gasteiger partial charge in [-0.1, -0.05) is 20.8 Å². The molecule has 0 radical (unpaired) electrons. The lowest BCUT2D eigenvalue weighted by atomic mass is 9.91. The lowest BCUT2D eigenvalue weighted by molar-refractivity contribution is -0.151. The van der Waals surface area contributed by atoms with Crippen molar-refractivity contribution in [3.05, 3.63) is 44.1 Å². The third-order valence-corrected chi connectivity index (χ3v) is 7.46. The molecule has 0 spiro atoms.